The third kappa shape index (κ3) is 4.20. The summed E-state index contributed by atoms with van der Waals surface area (Å²) in [7, 11) is 3.48. The van der Waals surface area contributed by atoms with Crippen LogP contribution in [0.4, 0.5) is 0 Å². The quantitative estimate of drug-likeness (QED) is 0.749. The van der Waals surface area contributed by atoms with Crippen LogP contribution in [0, 0.1) is 0 Å². The molecule has 0 saturated heterocycles. The summed E-state index contributed by atoms with van der Waals surface area (Å²) in [6, 6.07) is 7.17. The normalized spacial score (nSPS) is 9.94. The van der Waals surface area contributed by atoms with Crippen molar-refractivity contribution >= 4 is 11.9 Å². The molecule has 4 heteroatoms. The van der Waals surface area contributed by atoms with E-state index in [-0.39, 0.29) is 11.9 Å². The van der Waals surface area contributed by atoms with Crippen LogP contribution in [0.15, 0.2) is 24.3 Å². The van der Waals surface area contributed by atoms with Gasteiger partial charge in [0.15, 0.2) is 0 Å². The lowest BCUT2D eigenvalue weighted by Crippen LogP contribution is -2.21. The summed E-state index contributed by atoms with van der Waals surface area (Å²) < 4.78 is 4.90. The van der Waals surface area contributed by atoms with Gasteiger partial charge in [-0.25, -0.2) is 4.79 Å². The highest BCUT2D eigenvalue weighted by atomic mass is 16.5. The minimum absolute atomic E-state index is 0.101. The van der Waals surface area contributed by atoms with Crippen LogP contribution in [0.3, 0.4) is 0 Å². The van der Waals surface area contributed by atoms with Crippen LogP contribution in [0.25, 0.3) is 0 Å². The van der Waals surface area contributed by atoms with Gasteiger partial charge >= 0.3 is 5.97 Å². The van der Waals surface area contributed by atoms with E-state index in [4.69, 9.17) is 4.74 Å². The first-order valence-corrected chi connectivity index (χ1v) is 6.00. The lowest BCUT2D eigenvalue weighted by atomic mass is 10.1. The molecule has 0 aromatic heterocycles. The second-order valence-corrected chi connectivity index (χ2v) is 4.21. The Hall–Kier alpha value is -1.84. The Morgan fingerprint density at radius 2 is 1.78 bits per heavy atom. The molecule has 1 amide bonds. The zero-order valence-corrected chi connectivity index (χ0v) is 11.1. The van der Waals surface area contributed by atoms with Gasteiger partial charge in [0.05, 0.1) is 12.2 Å². The number of amides is 1. The highest BCUT2D eigenvalue weighted by molar-refractivity contribution is 5.89. The van der Waals surface area contributed by atoms with Crippen molar-refractivity contribution in [2.75, 3.05) is 20.7 Å². The molecule has 0 aliphatic heterocycles. The van der Waals surface area contributed by atoms with Crippen molar-refractivity contribution in [3.63, 3.8) is 0 Å². The molecule has 0 atom stereocenters. The van der Waals surface area contributed by atoms with Crippen molar-refractivity contribution in [1.82, 2.24) is 4.90 Å². The predicted molar refractivity (Wildman–Crippen MR) is 69.4 cm³/mol. The first kappa shape index (κ1) is 14.2. The fourth-order valence-corrected chi connectivity index (χ4v) is 1.50. The van der Waals surface area contributed by atoms with Gasteiger partial charge < -0.3 is 9.64 Å². The second kappa shape index (κ2) is 6.79. The van der Waals surface area contributed by atoms with Gasteiger partial charge in [-0.3, -0.25) is 4.79 Å². The van der Waals surface area contributed by atoms with Gasteiger partial charge in [-0.05, 0) is 31.0 Å². The Labute approximate surface area is 108 Å². The van der Waals surface area contributed by atoms with E-state index in [0.717, 1.165) is 5.56 Å². The fourth-order valence-electron chi connectivity index (χ4n) is 1.50. The Balaban J connectivity index is 2.55. The molecule has 0 radical (unpaired) electrons. The molecular formula is C14H19NO3. The van der Waals surface area contributed by atoms with E-state index in [1.165, 1.54) is 0 Å². The van der Waals surface area contributed by atoms with Crippen LogP contribution < -0.4 is 0 Å². The third-order valence-electron chi connectivity index (χ3n) is 2.59. The monoisotopic (exact) mass is 249 g/mol. The molecule has 0 heterocycles. The highest BCUT2D eigenvalue weighted by Gasteiger charge is 2.07. The molecule has 0 saturated carbocycles. The Morgan fingerprint density at radius 1 is 1.17 bits per heavy atom. The summed E-state index contributed by atoms with van der Waals surface area (Å²) in [6.07, 6.45) is 1.16. The summed E-state index contributed by atoms with van der Waals surface area (Å²) >= 11 is 0. The first-order valence-electron chi connectivity index (χ1n) is 6.00. The standard InChI is InChI=1S/C14H19NO3/c1-4-18-14(17)12-8-5-11(6-9-12)7-10-13(16)15(2)3/h5-6,8-9H,4,7,10H2,1-3H3. The van der Waals surface area contributed by atoms with Crippen LogP contribution in [0.2, 0.25) is 0 Å². The molecular weight excluding hydrogens is 230 g/mol. The minimum atomic E-state index is -0.312. The molecule has 0 aliphatic rings. The molecule has 4 nitrogen and oxygen atoms in total. The van der Waals surface area contributed by atoms with Gasteiger partial charge in [0.1, 0.15) is 0 Å². The maximum Gasteiger partial charge on any atom is 0.338 e. The number of hydrogen-bond donors (Lipinski definition) is 0. The van der Waals surface area contributed by atoms with E-state index in [1.807, 2.05) is 12.1 Å². The molecule has 1 aromatic rings. The van der Waals surface area contributed by atoms with Crippen LogP contribution in [-0.2, 0) is 16.0 Å². The molecule has 0 fully saturated rings. The summed E-state index contributed by atoms with van der Waals surface area (Å²) in [5.41, 5.74) is 1.58. The van der Waals surface area contributed by atoms with Crippen molar-refractivity contribution in [1.29, 1.82) is 0 Å². The maximum absolute atomic E-state index is 11.4. The Bertz CT molecular complexity index is 410. The summed E-state index contributed by atoms with van der Waals surface area (Å²) in [4.78, 5) is 24.4. The van der Waals surface area contributed by atoms with Crippen LogP contribution in [-0.4, -0.2) is 37.5 Å². The Morgan fingerprint density at radius 3 is 2.28 bits per heavy atom. The highest BCUT2D eigenvalue weighted by Crippen LogP contribution is 2.08. The molecule has 0 spiro atoms. The van der Waals surface area contributed by atoms with Gasteiger partial charge in [-0.1, -0.05) is 12.1 Å². The molecule has 1 rings (SSSR count). The lowest BCUT2D eigenvalue weighted by Gasteiger charge is -2.09. The number of carbonyl (C=O) groups excluding carboxylic acids is 2. The molecule has 18 heavy (non-hydrogen) atoms. The summed E-state index contributed by atoms with van der Waals surface area (Å²) in [6.45, 7) is 2.15. The number of aryl methyl sites for hydroxylation is 1. The van der Waals surface area contributed by atoms with Crippen molar-refractivity contribution < 1.29 is 14.3 Å². The van der Waals surface area contributed by atoms with Crippen molar-refractivity contribution in [2.24, 2.45) is 0 Å². The van der Waals surface area contributed by atoms with Crippen LogP contribution >= 0.6 is 0 Å². The minimum Gasteiger partial charge on any atom is -0.462 e. The van der Waals surface area contributed by atoms with E-state index in [0.29, 0.717) is 25.0 Å². The van der Waals surface area contributed by atoms with Gasteiger partial charge in [0.2, 0.25) is 5.91 Å². The van der Waals surface area contributed by atoms with E-state index in [9.17, 15) is 9.59 Å². The van der Waals surface area contributed by atoms with Crippen LogP contribution in [0.5, 0.6) is 0 Å². The number of carbonyl (C=O) groups is 2. The van der Waals surface area contributed by atoms with E-state index >= 15 is 0 Å². The second-order valence-electron chi connectivity index (χ2n) is 4.21. The number of rotatable bonds is 5. The van der Waals surface area contributed by atoms with E-state index < -0.39 is 0 Å². The molecule has 0 bridgehead atoms. The smallest absolute Gasteiger partial charge is 0.338 e. The number of hydrogen-bond acceptors (Lipinski definition) is 3. The summed E-state index contributed by atoms with van der Waals surface area (Å²) in [5.74, 6) is -0.210. The average molecular weight is 249 g/mol. The average Bonchev–Trinajstić information content (AvgIpc) is 2.36. The number of esters is 1. The molecule has 0 unspecified atom stereocenters. The van der Waals surface area contributed by atoms with Crippen LogP contribution in [0.1, 0.15) is 29.3 Å². The van der Waals surface area contributed by atoms with Gasteiger partial charge in [0.25, 0.3) is 0 Å². The van der Waals surface area contributed by atoms with Gasteiger partial charge in [-0.15, -0.1) is 0 Å². The van der Waals surface area contributed by atoms with Crippen molar-refractivity contribution in [3.8, 4) is 0 Å². The molecule has 98 valence electrons. The van der Waals surface area contributed by atoms with E-state index in [2.05, 4.69) is 0 Å². The fraction of sp³-hybridized carbons (Fsp3) is 0.429. The number of nitrogens with zero attached hydrogens (tertiary/aromatic N) is 1. The van der Waals surface area contributed by atoms with Gasteiger partial charge in [-0.2, -0.15) is 0 Å². The molecule has 1 aromatic carbocycles. The number of benzene rings is 1. The van der Waals surface area contributed by atoms with Crippen molar-refractivity contribution in [2.45, 2.75) is 19.8 Å². The predicted octanol–water partition coefficient (Wildman–Crippen LogP) is 1.88. The third-order valence-corrected chi connectivity index (χ3v) is 2.59. The molecule has 0 N–H and O–H groups in total. The maximum atomic E-state index is 11.4. The molecule has 0 aliphatic carbocycles. The zero-order chi connectivity index (χ0) is 13.5. The Kier molecular flexibility index (Phi) is 5.36. The topological polar surface area (TPSA) is 46.6 Å². The first-order chi connectivity index (χ1) is 8.54. The van der Waals surface area contributed by atoms with E-state index in [1.54, 1.807) is 38.1 Å². The van der Waals surface area contributed by atoms with Crippen molar-refractivity contribution in [3.05, 3.63) is 35.4 Å². The largest absolute Gasteiger partial charge is 0.462 e. The zero-order valence-electron chi connectivity index (χ0n) is 11.1. The number of ether oxygens (including phenoxy) is 1. The lowest BCUT2D eigenvalue weighted by molar-refractivity contribution is -0.128. The SMILES string of the molecule is CCOC(=O)c1ccc(CCC(=O)N(C)C)cc1. The van der Waals surface area contributed by atoms with Gasteiger partial charge in [0, 0.05) is 20.5 Å². The summed E-state index contributed by atoms with van der Waals surface area (Å²) in [5, 5.41) is 0.